The summed E-state index contributed by atoms with van der Waals surface area (Å²) in [6.07, 6.45) is 54.8. The van der Waals surface area contributed by atoms with Gasteiger partial charge < -0.3 is 20.3 Å². The largest absolute Gasteiger partial charge is 0.462 e. The first kappa shape index (κ1) is 55.8. The van der Waals surface area contributed by atoms with E-state index in [-0.39, 0.29) is 24.9 Å². The second-order valence-corrected chi connectivity index (χ2v) is 16.9. The molecule has 0 aromatic carbocycles. The van der Waals surface area contributed by atoms with Gasteiger partial charge in [-0.1, -0.05) is 243 Å². The Labute approximate surface area is 359 Å². The molecule has 0 spiro atoms. The van der Waals surface area contributed by atoms with Crippen LogP contribution < -0.4 is 5.32 Å². The van der Waals surface area contributed by atoms with Crippen LogP contribution in [0.15, 0.2) is 48.6 Å². The Balaban J connectivity index is 4.54. The molecule has 0 aliphatic rings. The average molecular weight is 814 g/mol. The summed E-state index contributed by atoms with van der Waals surface area (Å²) in [5, 5.41) is 23.6. The first-order valence-corrected chi connectivity index (χ1v) is 24.9. The lowest BCUT2D eigenvalue weighted by atomic mass is 10.0. The number of esters is 1. The molecule has 0 bridgehead atoms. The van der Waals surface area contributed by atoms with Crippen molar-refractivity contribution < 1.29 is 24.5 Å². The van der Waals surface area contributed by atoms with Crippen molar-refractivity contribution in [2.24, 2.45) is 0 Å². The summed E-state index contributed by atoms with van der Waals surface area (Å²) in [7, 11) is 0. The van der Waals surface area contributed by atoms with E-state index in [4.69, 9.17) is 4.74 Å². The van der Waals surface area contributed by atoms with Crippen molar-refractivity contribution in [2.45, 2.75) is 264 Å². The van der Waals surface area contributed by atoms with E-state index in [1.807, 2.05) is 36.5 Å². The number of hydrogen-bond acceptors (Lipinski definition) is 5. The molecular weight excluding hydrogens is 719 g/mol. The molecular formula is C52H95NO5. The summed E-state index contributed by atoms with van der Waals surface area (Å²) in [5.74, 6) is -0.536. The van der Waals surface area contributed by atoms with Crippen LogP contribution in [0.1, 0.15) is 245 Å². The predicted octanol–water partition coefficient (Wildman–Crippen LogP) is 14.7. The number of rotatable bonds is 44. The Hall–Kier alpha value is -2.18. The topological polar surface area (TPSA) is 95.9 Å². The Morgan fingerprint density at radius 2 is 0.931 bits per heavy atom. The highest BCUT2D eigenvalue weighted by Gasteiger charge is 2.24. The highest BCUT2D eigenvalue weighted by molar-refractivity contribution is 5.77. The summed E-state index contributed by atoms with van der Waals surface area (Å²) >= 11 is 0. The fourth-order valence-corrected chi connectivity index (χ4v) is 7.51. The summed E-state index contributed by atoms with van der Waals surface area (Å²) in [6.45, 7) is 6.31. The van der Waals surface area contributed by atoms with Gasteiger partial charge in [-0.2, -0.15) is 0 Å². The molecule has 0 fully saturated rings. The molecule has 0 aliphatic carbocycles. The second kappa shape index (κ2) is 45.9. The molecule has 0 aromatic heterocycles. The highest BCUT2D eigenvalue weighted by atomic mass is 16.5. The molecule has 3 atom stereocenters. The van der Waals surface area contributed by atoms with Gasteiger partial charge in [0.25, 0.3) is 0 Å². The third-order valence-corrected chi connectivity index (χ3v) is 11.3. The molecule has 0 heterocycles. The van der Waals surface area contributed by atoms with E-state index in [0.717, 1.165) is 57.8 Å². The van der Waals surface area contributed by atoms with Crippen LogP contribution >= 0.6 is 0 Å². The fourth-order valence-electron chi connectivity index (χ4n) is 7.51. The third kappa shape index (κ3) is 40.6. The fraction of sp³-hybridized carbons (Fsp3) is 0.808. The molecule has 6 nitrogen and oxygen atoms in total. The lowest BCUT2D eigenvalue weighted by Gasteiger charge is -2.24. The zero-order valence-corrected chi connectivity index (χ0v) is 38.4. The molecule has 0 saturated carbocycles. The molecule has 0 rings (SSSR count). The molecule has 0 aliphatic heterocycles. The van der Waals surface area contributed by atoms with Crippen LogP contribution in [0.4, 0.5) is 0 Å². The number of carbonyl (C=O) groups excluding carboxylic acids is 2. The quantitative estimate of drug-likeness (QED) is 0.0323. The van der Waals surface area contributed by atoms with Crippen molar-refractivity contribution >= 4 is 11.9 Å². The number of amides is 1. The monoisotopic (exact) mass is 814 g/mol. The van der Waals surface area contributed by atoms with Gasteiger partial charge >= 0.3 is 5.97 Å². The van der Waals surface area contributed by atoms with Gasteiger partial charge in [-0.05, 0) is 38.5 Å². The molecule has 0 radical (unpaired) electrons. The lowest BCUT2D eigenvalue weighted by molar-refractivity contribution is -0.151. The van der Waals surface area contributed by atoms with Crippen molar-refractivity contribution in [3.63, 3.8) is 0 Å². The number of hydrogen-bond donors (Lipinski definition) is 3. The molecule has 0 saturated heterocycles. The zero-order chi connectivity index (χ0) is 42.4. The standard InChI is InChI=1S/C52H95NO5/c1-4-7-10-13-16-19-22-23-24-25-26-27-28-30-33-36-39-42-45-52(57)58-48(43-40-37-34-31-29-20-17-14-11-8-5-2)46-51(56)53-49(47-54)50(55)44-41-38-35-32-21-18-15-12-9-6-3/h8,11,14,17,20,29,31,34,48-50,54-55H,4-7,9-10,12-13,15-16,18-19,21-28,30,32-33,35-47H2,1-3H3,(H,53,56)/b11-8+,17-14+,29-20-,34-31-. The van der Waals surface area contributed by atoms with Crippen LogP contribution in [0.5, 0.6) is 0 Å². The van der Waals surface area contributed by atoms with E-state index in [1.54, 1.807) is 0 Å². The second-order valence-electron chi connectivity index (χ2n) is 16.9. The average Bonchev–Trinajstić information content (AvgIpc) is 3.22. The first-order valence-electron chi connectivity index (χ1n) is 24.9. The van der Waals surface area contributed by atoms with Crippen molar-refractivity contribution in [1.29, 1.82) is 0 Å². The molecule has 1 amide bonds. The number of ether oxygens (including phenoxy) is 1. The van der Waals surface area contributed by atoms with Crippen molar-refractivity contribution in [3.8, 4) is 0 Å². The third-order valence-electron chi connectivity index (χ3n) is 11.3. The van der Waals surface area contributed by atoms with Crippen LogP contribution in [-0.4, -0.2) is 46.9 Å². The molecule has 58 heavy (non-hydrogen) atoms. The summed E-state index contributed by atoms with van der Waals surface area (Å²) in [6, 6.07) is -0.719. The number of nitrogens with one attached hydrogen (secondary N) is 1. The lowest BCUT2D eigenvalue weighted by Crippen LogP contribution is -2.46. The minimum absolute atomic E-state index is 0.0338. The van der Waals surface area contributed by atoms with Crippen LogP contribution in [0.3, 0.4) is 0 Å². The van der Waals surface area contributed by atoms with Gasteiger partial charge in [-0.15, -0.1) is 0 Å². The molecule has 338 valence electrons. The van der Waals surface area contributed by atoms with Crippen LogP contribution in [0, 0.1) is 0 Å². The van der Waals surface area contributed by atoms with Gasteiger partial charge in [0.15, 0.2) is 0 Å². The van der Waals surface area contributed by atoms with Gasteiger partial charge in [0.1, 0.15) is 6.10 Å². The molecule has 6 heteroatoms. The Morgan fingerprint density at radius 3 is 1.38 bits per heavy atom. The molecule has 3 N–H and O–H groups in total. The van der Waals surface area contributed by atoms with E-state index in [2.05, 4.69) is 38.2 Å². The van der Waals surface area contributed by atoms with E-state index in [0.29, 0.717) is 19.3 Å². The van der Waals surface area contributed by atoms with Gasteiger partial charge in [-0.3, -0.25) is 9.59 Å². The van der Waals surface area contributed by atoms with Crippen molar-refractivity contribution in [3.05, 3.63) is 48.6 Å². The van der Waals surface area contributed by atoms with Crippen molar-refractivity contribution in [1.82, 2.24) is 5.32 Å². The zero-order valence-electron chi connectivity index (χ0n) is 38.4. The smallest absolute Gasteiger partial charge is 0.306 e. The van der Waals surface area contributed by atoms with Gasteiger partial charge in [-0.25, -0.2) is 0 Å². The number of allylic oxidation sites excluding steroid dienone is 8. The van der Waals surface area contributed by atoms with E-state index in [9.17, 15) is 19.8 Å². The van der Waals surface area contributed by atoms with E-state index in [1.165, 1.54) is 141 Å². The van der Waals surface area contributed by atoms with Crippen LogP contribution in [-0.2, 0) is 14.3 Å². The van der Waals surface area contributed by atoms with Crippen molar-refractivity contribution in [2.75, 3.05) is 6.61 Å². The Bertz CT molecular complexity index is 1000. The Morgan fingerprint density at radius 1 is 0.517 bits per heavy atom. The van der Waals surface area contributed by atoms with E-state index >= 15 is 0 Å². The summed E-state index contributed by atoms with van der Waals surface area (Å²) in [5.41, 5.74) is 0. The normalized spacial score (nSPS) is 13.7. The van der Waals surface area contributed by atoms with Crippen LogP contribution in [0.2, 0.25) is 0 Å². The van der Waals surface area contributed by atoms with Gasteiger partial charge in [0.05, 0.1) is 25.2 Å². The maximum absolute atomic E-state index is 13.1. The summed E-state index contributed by atoms with van der Waals surface area (Å²) < 4.78 is 5.88. The Kier molecular flexibility index (Phi) is 44.2. The number of carbonyl (C=O) groups is 2. The minimum Gasteiger partial charge on any atom is -0.462 e. The maximum atomic E-state index is 13.1. The van der Waals surface area contributed by atoms with Crippen LogP contribution in [0.25, 0.3) is 0 Å². The molecule has 3 unspecified atom stereocenters. The number of unbranched alkanes of at least 4 members (excludes halogenated alkanes) is 27. The SMILES string of the molecule is CC/C=C/C=C/C=C\C=C/CCCC(CC(=O)NC(CO)C(O)CCCCCCCCCCCC)OC(=O)CCCCCCCCCCCCCCCCCCCC. The first-order chi connectivity index (χ1) is 28.5. The predicted molar refractivity (Wildman–Crippen MR) is 250 cm³/mol. The van der Waals surface area contributed by atoms with E-state index < -0.39 is 18.2 Å². The highest BCUT2D eigenvalue weighted by Crippen LogP contribution is 2.17. The molecule has 0 aromatic rings. The number of aliphatic hydroxyl groups excluding tert-OH is 2. The van der Waals surface area contributed by atoms with Gasteiger partial charge in [0, 0.05) is 6.42 Å². The minimum atomic E-state index is -0.802. The van der Waals surface area contributed by atoms with Gasteiger partial charge in [0.2, 0.25) is 5.91 Å². The number of aliphatic hydroxyl groups is 2. The maximum Gasteiger partial charge on any atom is 0.306 e. The summed E-state index contributed by atoms with van der Waals surface area (Å²) in [4.78, 5) is 26.0.